The lowest BCUT2D eigenvalue weighted by Crippen LogP contribution is -2.60. The average molecular weight is 383 g/mol. The van der Waals surface area contributed by atoms with Crippen LogP contribution in [-0.4, -0.2) is 53.0 Å². The Bertz CT molecular complexity index is 913. The van der Waals surface area contributed by atoms with E-state index in [0.717, 1.165) is 47.8 Å². The van der Waals surface area contributed by atoms with E-state index in [1.807, 2.05) is 32.0 Å². The number of hydrogen-bond donors (Lipinski definition) is 2. The van der Waals surface area contributed by atoms with Crippen LogP contribution in [0, 0.1) is 13.8 Å². The molecule has 150 valence electrons. The van der Waals surface area contributed by atoms with Crippen molar-refractivity contribution >= 4 is 22.7 Å². The number of ether oxygens (including phenoxy) is 1. The summed E-state index contributed by atoms with van der Waals surface area (Å²) in [6.07, 6.45) is 4.37. The highest BCUT2D eigenvalue weighted by Gasteiger charge is 2.42. The largest absolute Gasteiger partial charge is 0.362 e. The molecular formula is C22H29N3O3. The van der Waals surface area contributed by atoms with E-state index >= 15 is 0 Å². The lowest BCUT2D eigenvalue weighted by molar-refractivity contribution is -0.154. The van der Waals surface area contributed by atoms with E-state index in [-0.39, 0.29) is 24.4 Å². The van der Waals surface area contributed by atoms with Gasteiger partial charge in [-0.15, -0.1) is 0 Å². The second-order valence-corrected chi connectivity index (χ2v) is 8.36. The molecular weight excluding hydrogens is 354 g/mol. The van der Waals surface area contributed by atoms with Crippen molar-refractivity contribution in [2.24, 2.45) is 0 Å². The number of carbonyl (C=O) groups is 2. The Morgan fingerprint density at radius 1 is 1.25 bits per heavy atom. The van der Waals surface area contributed by atoms with Gasteiger partial charge in [0, 0.05) is 34.7 Å². The summed E-state index contributed by atoms with van der Waals surface area (Å²) >= 11 is 0. The zero-order chi connectivity index (χ0) is 19.9. The zero-order valence-corrected chi connectivity index (χ0v) is 16.9. The molecule has 1 saturated carbocycles. The molecule has 2 fully saturated rings. The summed E-state index contributed by atoms with van der Waals surface area (Å²) in [5.74, 6) is -0.153. The van der Waals surface area contributed by atoms with Gasteiger partial charge in [0.25, 0.3) is 11.8 Å². The number of fused-ring (bicyclic) bond motifs is 1. The molecule has 2 N–H and O–H groups in total. The molecule has 6 heteroatoms. The van der Waals surface area contributed by atoms with E-state index in [0.29, 0.717) is 18.7 Å². The number of amides is 2. The van der Waals surface area contributed by atoms with Crippen LogP contribution in [0.3, 0.4) is 0 Å². The molecule has 2 amide bonds. The van der Waals surface area contributed by atoms with Crippen LogP contribution in [0.25, 0.3) is 10.9 Å². The summed E-state index contributed by atoms with van der Waals surface area (Å²) in [5, 5.41) is 4.09. The SMILES string of the molecule is Cc1[nH]c2cccc(C(=O)N3CCO[C@@](C)(C(=O)NC4CCCC4)C3)c2c1C. The predicted octanol–water partition coefficient (Wildman–Crippen LogP) is 3.07. The number of aromatic amines is 1. The van der Waals surface area contributed by atoms with Crippen LogP contribution in [0.1, 0.15) is 54.2 Å². The van der Waals surface area contributed by atoms with Crippen LogP contribution in [0.15, 0.2) is 18.2 Å². The lowest BCUT2D eigenvalue weighted by atomic mass is 10.00. The molecule has 0 spiro atoms. The van der Waals surface area contributed by atoms with Crippen LogP contribution in [0.2, 0.25) is 0 Å². The number of nitrogens with zero attached hydrogens (tertiary/aromatic N) is 1. The van der Waals surface area contributed by atoms with E-state index in [9.17, 15) is 9.59 Å². The second kappa shape index (κ2) is 7.24. The van der Waals surface area contributed by atoms with Gasteiger partial charge in [0.15, 0.2) is 5.60 Å². The summed E-state index contributed by atoms with van der Waals surface area (Å²) < 4.78 is 5.86. The molecule has 2 aromatic rings. The maximum absolute atomic E-state index is 13.4. The summed E-state index contributed by atoms with van der Waals surface area (Å²) in [7, 11) is 0. The molecule has 1 aliphatic carbocycles. The number of nitrogens with one attached hydrogen (secondary N) is 2. The molecule has 28 heavy (non-hydrogen) atoms. The third kappa shape index (κ3) is 3.30. The van der Waals surface area contributed by atoms with Crippen molar-refractivity contribution in [3.05, 3.63) is 35.0 Å². The Morgan fingerprint density at radius 2 is 2.00 bits per heavy atom. The highest BCUT2D eigenvalue weighted by atomic mass is 16.5. The van der Waals surface area contributed by atoms with Crippen molar-refractivity contribution < 1.29 is 14.3 Å². The van der Waals surface area contributed by atoms with Crippen LogP contribution < -0.4 is 5.32 Å². The van der Waals surface area contributed by atoms with Crippen molar-refractivity contribution in [3.63, 3.8) is 0 Å². The Labute approximate surface area is 165 Å². The van der Waals surface area contributed by atoms with E-state index < -0.39 is 5.60 Å². The van der Waals surface area contributed by atoms with Gasteiger partial charge in [0.2, 0.25) is 0 Å². The van der Waals surface area contributed by atoms with Crippen molar-refractivity contribution in [2.45, 2.75) is 58.1 Å². The number of morpholine rings is 1. The van der Waals surface area contributed by atoms with Gasteiger partial charge in [-0.05, 0) is 51.3 Å². The minimum atomic E-state index is -1.01. The van der Waals surface area contributed by atoms with Crippen LogP contribution in [0.5, 0.6) is 0 Å². The number of carbonyl (C=O) groups excluding carboxylic acids is 2. The first kappa shape index (κ1) is 19.0. The quantitative estimate of drug-likeness (QED) is 0.855. The third-order valence-electron chi connectivity index (χ3n) is 6.29. The molecule has 2 aliphatic rings. The van der Waals surface area contributed by atoms with Gasteiger partial charge in [0.05, 0.1) is 13.2 Å². The first-order chi connectivity index (χ1) is 13.4. The fraction of sp³-hybridized carbons (Fsp3) is 0.545. The highest BCUT2D eigenvalue weighted by Crippen LogP contribution is 2.28. The Morgan fingerprint density at radius 3 is 2.75 bits per heavy atom. The third-order valence-corrected chi connectivity index (χ3v) is 6.29. The molecule has 1 aromatic carbocycles. The van der Waals surface area contributed by atoms with Crippen molar-refractivity contribution in [3.8, 4) is 0 Å². The highest BCUT2D eigenvalue weighted by molar-refractivity contribution is 6.08. The summed E-state index contributed by atoms with van der Waals surface area (Å²) in [6.45, 7) is 6.96. The minimum absolute atomic E-state index is 0.0455. The van der Waals surface area contributed by atoms with Crippen molar-refractivity contribution in [1.29, 1.82) is 0 Å². The number of hydrogen-bond acceptors (Lipinski definition) is 3. The predicted molar refractivity (Wildman–Crippen MR) is 108 cm³/mol. The number of H-pyrrole nitrogens is 1. The minimum Gasteiger partial charge on any atom is -0.362 e. The van der Waals surface area contributed by atoms with E-state index in [1.165, 1.54) is 0 Å². The van der Waals surface area contributed by atoms with E-state index in [4.69, 9.17) is 4.74 Å². The molecule has 0 radical (unpaired) electrons. The molecule has 0 unspecified atom stereocenters. The topological polar surface area (TPSA) is 74.4 Å². The molecule has 1 aromatic heterocycles. The van der Waals surface area contributed by atoms with E-state index in [2.05, 4.69) is 10.3 Å². The van der Waals surface area contributed by atoms with Gasteiger partial charge < -0.3 is 19.9 Å². The summed E-state index contributed by atoms with van der Waals surface area (Å²) in [4.78, 5) is 31.3. The maximum atomic E-state index is 13.4. The van der Waals surface area contributed by atoms with Crippen LogP contribution in [-0.2, 0) is 9.53 Å². The first-order valence-corrected chi connectivity index (χ1v) is 10.2. The standard InChI is InChI=1S/C22H29N3O3/c1-14-15(2)23-18-10-6-9-17(19(14)18)20(26)25-11-12-28-22(3,13-25)21(27)24-16-7-4-5-8-16/h6,9-10,16,23H,4-5,7-8,11-13H2,1-3H3,(H,24,27)/t22-/m1/s1. The zero-order valence-electron chi connectivity index (χ0n) is 16.9. The number of aryl methyl sites for hydroxylation is 2. The fourth-order valence-electron chi connectivity index (χ4n) is 4.48. The second-order valence-electron chi connectivity index (χ2n) is 8.36. The monoisotopic (exact) mass is 383 g/mol. The van der Waals surface area contributed by atoms with Crippen LogP contribution >= 0.6 is 0 Å². The molecule has 2 heterocycles. The Hall–Kier alpha value is -2.34. The summed E-state index contributed by atoms with van der Waals surface area (Å²) in [5.41, 5.74) is 2.80. The van der Waals surface area contributed by atoms with Gasteiger partial charge in [-0.1, -0.05) is 18.9 Å². The van der Waals surface area contributed by atoms with E-state index in [1.54, 1.807) is 11.8 Å². The Kier molecular flexibility index (Phi) is 4.91. The van der Waals surface area contributed by atoms with Crippen LogP contribution in [0.4, 0.5) is 0 Å². The molecule has 6 nitrogen and oxygen atoms in total. The fourth-order valence-corrected chi connectivity index (χ4v) is 4.48. The summed E-state index contributed by atoms with van der Waals surface area (Å²) in [6, 6.07) is 6.00. The number of benzene rings is 1. The maximum Gasteiger partial charge on any atom is 0.254 e. The number of aromatic nitrogens is 1. The van der Waals surface area contributed by atoms with Gasteiger partial charge in [-0.25, -0.2) is 0 Å². The average Bonchev–Trinajstić information content (AvgIpc) is 3.29. The molecule has 1 saturated heterocycles. The smallest absolute Gasteiger partial charge is 0.254 e. The number of rotatable bonds is 3. The van der Waals surface area contributed by atoms with Crippen molar-refractivity contribution in [1.82, 2.24) is 15.2 Å². The lowest BCUT2D eigenvalue weighted by Gasteiger charge is -2.39. The van der Waals surface area contributed by atoms with Gasteiger partial charge in [0.1, 0.15) is 0 Å². The van der Waals surface area contributed by atoms with Gasteiger partial charge >= 0.3 is 0 Å². The van der Waals surface area contributed by atoms with Gasteiger partial charge in [-0.3, -0.25) is 9.59 Å². The van der Waals surface area contributed by atoms with Crippen molar-refractivity contribution in [2.75, 3.05) is 19.7 Å². The molecule has 4 rings (SSSR count). The molecule has 1 atom stereocenters. The normalized spacial score (nSPS) is 23.3. The molecule has 0 bridgehead atoms. The Balaban J connectivity index is 1.56. The first-order valence-electron chi connectivity index (χ1n) is 10.2. The molecule has 1 aliphatic heterocycles. The van der Waals surface area contributed by atoms with Gasteiger partial charge in [-0.2, -0.15) is 0 Å².